The second-order valence-corrected chi connectivity index (χ2v) is 24.1. The van der Waals surface area contributed by atoms with E-state index >= 15 is 0 Å². The fourth-order valence-corrected chi connectivity index (χ4v) is 10.4. The van der Waals surface area contributed by atoms with Gasteiger partial charge in [0.1, 0.15) is 24.8 Å². The van der Waals surface area contributed by atoms with Crippen LogP contribution in [0, 0.1) is 23.3 Å². The minimum Gasteiger partial charge on any atom is -0.447 e. The number of amides is 4. The number of pyridine rings is 2. The maximum atomic E-state index is 14.2. The molecule has 4 amide bonds. The third-order valence-corrected chi connectivity index (χ3v) is 14.9. The zero-order chi connectivity index (χ0) is 61.8. The number of halogens is 4. The zero-order valence-electron chi connectivity index (χ0n) is 49.0. The second-order valence-electron chi connectivity index (χ2n) is 21.3. The van der Waals surface area contributed by atoms with Gasteiger partial charge in [0, 0.05) is 50.1 Å². The molecule has 0 saturated heterocycles. The summed E-state index contributed by atoms with van der Waals surface area (Å²) < 4.78 is 112. The summed E-state index contributed by atoms with van der Waals surface area (Å²) in [6.45, 7) is 9.64. The molecule has 0 aliphatic rings. The number of aryl methyl sites for hydroxylation is 2. The van der Waals surface area contributed by atoms with Gasteiger partial charge in [-0.1, -0.05) is 72.8 Å². The second kappa shape index (κ2) is 34.4. The summed E-state index contributed by atoms with van der Waals surface area (Å²) in [5.41, 5.74) is -1.48. The van der Waals surface area contributed by atoms with E-state index in [1.54, 1.807) is 66.1 Å². The minimum atomic E-state index is -4.66. The number of aromatic nitrogens is 2. The van der Waals surface area contributed by atoms with Crippen LogP contribution in [0.3, 0.4) is 0 Å². The van der Waals surface area contributed by atoms with Gasteiger partial charge >= 0.3 is 27.8 Å². The first-order valence-corrected chi connectivity index (χ1v) is 29.8. The molecule has 0 aliphatic carbocycles. The van der Waals surface area contributed by atoms with Crippen molar-refractivity contribution in [3.63, 3.8) is 0 Å². The Morgan fingerprint density at radius 2 is 0.942 bits per heavy atom. The molecule has 0 radical (unpaired) electrons. The highest BCUT2D eigenvalue weighted by atomic mass is 32.1. The minimum absolute atomic E-state index is 0. The maximum absolute atomic E-state index is 14.2. The highest BCUT2D eigenvalue weighted by Gasteiger charge is 2.37. The first-order valence-electron chi connectivity index (χ1n) is 26.8. The summed E-state index contributed by atoms with van der Waals surface area (Å²) in [6, 6.07) is 24.6. The SMILES string of the molecule is CN(C(=O)CCc1cccc(F)c1F)[C@@H](CCCOP(=O)(O)O)COC(=O)Nc1cc2ccccc2cn1.CN(C(=O)CCc1cccc(F)c1F)[C@@H](CCCOP(=O)(OC(C)(C)C)OC(C)(C)C)COC(=O)Nc1cc2ccccc2cn1.S.S. The number of rotatable bonds is 26. The van der Waals surface area contributed by atoms with Crippen LogP contribution in [0.4, 0.5) is 38.8 Å². The molecule has 6 aromatic rings. The molecule has 0 spiro atoms. The Morgan fingerprint density at radius 1 is 0.570 bits per heavy atom. The molecule has 4 N–H and O–H groups in total. The molecule has 20 nitrogen and oxygen atoms in total. The number of hydrogen-bond donors (Lipinski definition) is 4. The van der Waals surface area contributed by atoms with Crippen LogP contribution in [0.25, 0.3) is 21.5 Å². The normalized spacial score (nSPS) is 12.3. The van der Waals surface area contributed by atoms with Crippen LogP contribution in [0.15, 0.2) is 109 Å². The van der Waals surface area contributed by atoms with Crippen LogP contribution < -0.4 is 10.6 Å². The number of benzene rings is 4. The number of nitrogens with one attached hydrogen (secondary N) is 2. The van der Waals surface area contributed by atoms with E-state index in [9.17, 15) is 45.9 Å². The number of likely N-dealkylation sites (N-methyl/N-ethyl adjacent to an activating group) is 2. The largest absolute Gasteiger partial charge is 0.475 e. The van der Waals surface area contributed by atoms with E-state index < -0.39 is 80.3 Å². The van der Waals surface area contributed by atoms with E-state index in [1.165, 1.54) is 48.2 Å². The van der Waals surface area contributed by atoms with Crippen molar-refractivity contribution in [1.82, 2.24) is 19.8 Å². The third kappa shape index (κ3) is 25.6. The number of anilines is 2. The van der Waals surface area contributed by atoms with Gasteiger partial charge in [0.2, 0.25) is 11.8 Å². The Morgan fingerprint density at radius 3 is 1.31 bits per heavy atom. The number of ether oxygens (including phenoxy) is 2. The standard InChI is InChI=1S/C33H44F2N3O7P.C25H28F2N3O7P.2H2S/c1-32(2,3)44-46(41,45-33(4,5)6)43-19-11-15-26(38(7)29(39)18-17-23-14-10-16-27(34)30(23)35)22-42-31(40)37-28-20-24-12-8-9-13-25(24)21-36-28;1-30(23(31)12-11-17-8-4-10-21(26)24(17)27)20(9-5-13-37-38(33,34)35)16-36-25(32)29-22-14-18-6-2-3-7-19(18)15-28-22;;/h8-10,12-14,16,20-21,26H,11,15,17-19,22H2,1-7H3,(H,36,37,40);2-4,6-8,10,14-15,20H,5,9,11-13,16H2,1H3,(H,28,29,32)(H2,33,34,35);2*1H2/t26-;20-;;/m00../s1. The molecule has 2 atom stereocenters. The average Bonchev–Trinajstić information content (AvgIpc) is 3.62. The Balaban J connectivity index is 0.000000447. The lowest BCUT2D eigenvalue weighted by Crippen LogP contribution is -2.41. The number of carbonyl (C=O) groups excluding carboxylic acids is 4. The molecule has 0 unspecified atom stereocenters. The summed E-state index contributed by atoms with van der Waals surface area (Å²) >= 11 is 0. The van der Waals surface area contributed by atoms with Crippen molar-refractivity contribution in [3.05, 3.63) is 144 Å². The van der Waals surface area contributed by atoms with Gasteiger partial charge < -0.3 is 29.1 Å². The van der Waals surface area contributed by atoms with Gasteiger partial charge in [0.05, 0.1) is 36.5 Å². The summed E-state index contributed by atoms with van der Waals surface area (Å²) in [4.78, 5) is 79.9. The van der Waals surface area contributed by atoms with E-state index in [-0.39, 0.29) is 121 Å². The van der Waals surface area contributed by atoms with Crippen molar-refractivity contribution < 1.29 is 83.2 Å². The molecule has 0 bridgehead atoms. The van der Waals surface area contributed by atoms with Crippen LogP contribution in [-0.4, -0.2) is 117 Å². The first-order chi connectivity index (χ1) is 39.5. The number of fused-ring (bicyclic) bond motifs is 2. The van der Waals surface area contributed by atoms with E-state index in [0.717, 1.165) is 33.7 Å². The monoisotopic (exact) mass is 1280 g/mol. The molecule has 0 saturated carbocycles. The Hall–Kier alpha value is -6.18. The smallest absolute Gasteiger partial charge is 0.447 e. The summed E-state index contributed by atoms with van der Waals surface area (Å²) in [5, 5.41) is 8.67. The Labute approximate surface area is 511 Å². The van der Waals surface area contributed by atoms with E-state index in [2.05, 4.69) is 25.1 Å². The predicted molar refractivity (Wildman–Crippen MR) is 328 cm³/mol. The molecule has 472 valence electrons. The van der Waals surface area contributed by atoms with Crippen molar-refractivity contribution in [2.24, 2.45) is 0 Å². The number of nitrogens with zero attached hydrogens (tertiary/aromatic N) is 4. The molecule has 2 aromatic heterocycles. The van der Waals surface area contributed by atoms with Crippen LogP contribution in [0.5, 0.6) is 0 Å². The van der Waals surface area contributed by atoms with Gasteiger partial charge in [-0.05, 0) is 126 Å². The fraction of sp³-hybridized carbons (Fsp3) is 0.414. The predicted octanol–water partition coefficient (Wildman–Crippen LogP) is 12.7. The Bertz CT molecular complexity index is 3280. The van der Waals surface area contributed by atoms with Crippen LogP contribution in [-0.2, 0) is 59.1 Å². The molecule has 86 heavy (non-hydrogen) atoms. The molecular formula is C58H76F4N6O14P2S2. The number of phosphoric ester groups is 2. The molecule has 0 fully saturated rings. The quantitative estimate of drug-likeness (QED) is 0.0224. The van der Waals surface area contributed by atoms with Gasteiger partial charge in [-0.15, -0.1) is 0 Å². The zero-order valence-corrected chi connectivity index (χ0v) is 52.8. The van der Waals surface area contributed by atoms with Gasteiger partial charge in [-0.25, -0.2) is 46.2 Å². The lowest BCUT2D eigenvalue weighted by atomic mass is 10.1. The maximum Gasteiger partial charge on any atom is 0.475 e. The van der Waals surface area contributed by atoms with Crippen molar-refractivity contribution in [3.8, 4) is 0 Å². The van der Waals surface area contributed by atoms with E-state index in [0.29, 0.717) is 12.2 Å². The van der Waals surface area contributed by atoms with Gasteiger partial charge in [0.25, 0.3) is 0 Å². The van der Waals surface area contributed by atoms with Crippen LogP contribution in [0.1, 0.15) is 91.2 Å². The fourth-order valence-electron chi connectivity index (χ4n) is 8.17. The first kappa shape index (κ1) is 74.1. The van der Waals surface area contributed by atoms with Crippen molar-refractivity contribution in [1.29, 1.82) is 0 Å². The van der Waals surface area contributed by atoms with Gasteiger partial charge in [-0.2, -0.15) is 27.0 Å². The average molecular weight is 1280 g/mol. The van der Waals surface area contributed by atoms with Crippen molar-refractivity contribution >= 4 is 99.8 Å². The number of carbonyl (C=O) groups is 4. The molecular weight excluding hydrogens is 1210 g/mol. The highest BCUT2D eigenvalue weighted by molar-refractivity contribution is 7.59. The molecule has 28 heteroatoms. The number of phosphoric acid groups is 2. The lowest BCUT2D eigenvalue weighted by Gasteiger charge is -2.31. The summed E-state index contributed by atoms with van der Waals surface area (Å²) in [5.74, 6) is -4.23. The molecule has 0 aliphatic heterocycles. The highest BCUT2D eigenvalue weighted by Crippen LogP contribution is 2.55. The molecule has 4 aromatic carbocycles. The summed E-state index contributed by atoms with van der Waals surface area (Å²) in [6.07, 6.45) is 2.23. The topological polar surface area (TPSA) is 255 Å². The van der Waals surface area contributed by atoms with Crippen LogP contribution >= 0.6 is 42.6 Å². The lowest BCUT2D eigenvalue weighted by molar-refractivity contribution is -0.133. The van der Waals surface area contributed by atoms with Crippen molar-refractivity contribution in [2.75, 3.05) is 51.2 Å². The van der Waals surface area contributed by atoms with E-state index in [4.69, 9.17) is 32.8 Å². The van der Waals surface area contributed by atoms with Crippen molar-refractivity contribution in [2.45, 2.75) is 116 Å². The third-order valence-electron chi connectivity index (χ3n) is 12.3. The van der Waals surface area contributed by atoms with Crippen LogP contribution in [0.2, 0.25) is 0 Å². The molecule has 2 heterocycles. The van der Waals surface area contributed by atoms with E-state index in [1.807, 2.05) is 48.5 Å². The van der Waals surface area contributed by atoms with Gasteiger partial charge in [-0.3, -0.25) is 38.3 Å². The van der Waals surface area contributed by atoms with Gasteiger partial charge in [0.15, 0.2) is 23.3 Å². The molecule has 6 rings (SSSR count). The number of hydrogen-bond acceptors (Lipinski definition) is 14. The Kier molecular flexibility index (Phi) is 29.6. The summed E-state index contributed by atoms with van der Waals surface area (Å²) in [7, 11) is -5.61.